The molecular formula is C12H12N4O3. The summed E-state index contributed by atoms with van der Waals surface area (Å²) in [5.74, 6) is -1.12. The van der Waals surface area contributed by atoms with E-state index in [1.165, 1.54) is 6.20 Å². The number of nitrogens with zero attached hydrogens (tertiary/aromatic N) is 3. The zero-order valence-corrected chi connectivity index (χ0v) is 10.2. The van der Waals surface area contributed by atoms with Gasteiger partial charge in [0.2, 0.25) is 0 Å². The van der Waals surface area contributed by atoms with Gasteiger partial charge in [0.1, 0.15) is 6.54 Å². The SMILES string of the molecule is Cc1cccc(C(=O)Nc2cn(CC(=O)O)nn2)c1. The fraction of sp³-hybridized carbons (Fsp3) is 0.167. The van der Waals surface area contributed by atoms with Crippen molar-refractivity contribution in [1.29, 1.82) is 0 Å². The Kier molecular flexibility index (Phi) is 3.56. The number of aromatic nitrogens is 3. The molecule has 0 fully saturated rings. The van der Waals surface area contributed by atoms with E-state index in [-0.39, 0.29) is 18.3 Å². The molecule has 1 amide bonds. The Morgan fingerprint density at radius 3 is 2.89 bits per heavy atom. The molecule has 0 unspecified atom stereocenters. The molecule has 0 atom stereocenters. The maximum absolute atomic E-state index is 11.9. The Bertz CT molecular complexity index is 621. The number of rotatable bonds is 4. The average molecular weight is 260 g/mol. The van der Waals surface area contributed by atoms with E-state index in [1.54, 1.807) is 18.2 Å². The monoisotopic (exact) mass is 260 g/mol. The van der Waals surface area contributed by atoms with Crippen LogP contribution in [0.1, 0.15) is 15.9 Å². The molecule has 0 radical (unpaired) electrons. The van der Waals surface area contributed by atoms with Gasteiger partial charge in [-0.2, -0.15) is 0 Å². The number of nitrogens with one attached hydrogen (secondary N) is 1. The fourth-order valence-corrected chi connectivity index (χ4v) is 1.55. The summed E-state index contributed by atoms with van der Waals surface area (Å²) in [7, 11) is 0. The standard InChI is InChI=1S/C12H12N4O3/c1-8-3-2-4-9(5-8)12(19)13-10-6-16(15-14-10)7-11(17)18/h2-6H,7H2,1H3,(H,13,19)(H,17,18). The number of anilines is 1. The molecule has 1 aromatic heterocycles. The lowest BCUT2D eigenvalue weighted by Crippen LogP contribution is -2.12. The molecule has 1 heterocycles. The first-order chi connectivity index (χ1) is 9.04. The van der Waals surface area contributed by atoms with Gasteiger partial charge in [0.25, 0.3) is 5.91 Å². The zero-order chi connectivity index (χ0) is 13.8. The second-order valence-electron chi connectivity index (χ2n) is 4.02. The molecule has 19 heavy (non-hydrogen) atoms. The van der Waals surface area contributed by atoms with E-state index < -0.39 is 5.97 Å². The van der Waals surface area contributed by atoms with Crippen LogP contribution < -0.4 is 5.32 Å². The molecule has 2 N–H and O–H groups in total. The fourth-order valence-electron chi connectivity index (χ4n) is 1.55. The Labute approximate surface area is 108 Å². The van der Waals surface area contributed by atoms with E-state index in [2.05, 4.69) is 15.6 Å². The summed E-state index contributed by atoms with van der Waals surface area (Å²) < 4.78 is 1.13. The molecule has 1 aromatic carbocycles. The molecule has 2 rings (SSSR count). The second-order valence-corrected chi connectivity index (χ2v) is 4.02. The second kappa shape index (κ2) is 5.30. The van der Waals surface area contributed by atoms with Crippen molar-refractivity contribution in [3.05, 3.63) is 41.6 Å². The largest absolute Gasteiger partial charge is 0.480 e. The van der Waals surface area contributed by atoms with Crippen molar-refractivity contribution in [2.75, 3.05) is 5.32 Å². The maximum atomic E-state index is 11.9. The summed E-state index contributed by atoms with van der Waals surface area (Å²) in [6, 6.07) is 7.10. The van der Waals surface area contributed by atoms with Crippen LogP contribution in [-0.2, 0) is 11.3 Å². The summed E-state index contributed by atoms with van der Waals surface area (Å²) >= 11 is 0. The predicted octanol–water partition coefficient (Wildman–Crippen LogP) is 0.923. The molecule has 2 aromatic rings. The maximum Gasteiger partial charge on any atom is 0.325 e. The first-order valence-corrected chi connectivity index (χ1v) is 5.54. The molecular weight excluding hydrogens is 248 g/mol. The number of amides is 1. The molecule has 0 aliphatic heterocycles. The third-order valence-electron chi connectivity index (χ3n) is 2.36. The normalized spacial score (nSPS) is 10.2. The molecule has 0 spiro atoms. The van der Waals surface area contributed by atoms with Crippen LogP contribution in [0.2, 0.25) is 0 Å². The average Bonchev–Trinajstić information content (AvgIpc) is 2.75. The zero-order valence-electron chi connectivity index (χ0n) is 10.2. The quantitative estimate of drug-likeness (QED) is 0.852. The van der Waals surface area contributed by atoms with Gasteiger partial charge in [0.05, 0.1) is 6.20 Å². The Morgan fingerprint density at radius 2 is 2.21 bits per heavy atom. The number of carboxylic acid groups (broad SMARTS) is 1. The number of carbonyl (C=O) groups is 2. The van der Waals surface area contributed by atoms with Crippen LogP contribution in [-0.4, -0.2) is 32.0 Å². The van der Waals surface area contributed by atoms with Gasteiger partial charge in [0, 0.05) is 5.56 Å². The van der Waals surface area contributed by atoms with E-state index in [1.807, 2.05) is 13.0 Å². The topological polar surface area (TPSA) is 97.1 Å². The Hall–Kier alpha value is -2.70. The van der Waals surface area contributed by atoms with Crippen molar-refractivity contribution in [2.45, 2.75) is 13.5 Å². The molecule has 7 heteroatoms. The van der Waals surface area contributed by atoms with Crippen molar-refractivity contribution in [3.63, 3.8) is 0 Å². The third-order valence-corrected chi connectivity index (χ3v) is 2.36. The molecule has 7 nitrogen and oxygen atoms in total. The molecule has 0 saturated carbocycles. The minimum Gasteiger partial charge on any atom is -0.480 e. The number of aliphatic carboxylic acids is 1. The summed E-state index contributed by atoms with van der Waals surface area (Å²) in [6.07, 6.45) is 1.36. The van der Waals surface area contributed by atoms with Crippen molar-refractivity contribution in [2.24, 2.45) is 0 Å². The van der Waals surface area contributed by atoms with Crippen molar-refractivity contribution in [1.82, 2.24) is 15.0 Å². The van der Waals surface area contributed by atoms with E-state index in [4.69, 9.17) is 5.11 Å². The number of aryl methyl sites for hydroxylation is 1. The van der Waals surface area contributed by atoms with Crippen LogP contribution in [0.3, 0.4) is 0 Å². The molecule has 0 aliphatic carbocycles. The van der Waals surface area contributed by atoms with Crippen molar-refractivity contribution < 1.29 is 14.7 Å². The van der Waals surface area contributed by atoms with Gasteiger partial charge in [-0.1, -0.05) is 22.9 Å². The lowest BCUT2D eigenvalue weighted by molar-refractivity contribution is -0.137. The van der Waals surface area contributed by atoms with Gasteiger partial charge in [-0.3, -0.25) is 9.59 Å². The van der Waals surface area contributed by atoms with E-state index in [0.29, 0.717) is 5.56 Å². The predicted molar refractivity (Wildman–Crippen MR) is 66.8 cm³/mol. The molecule has 0 saturated heterocycles. The van der Waals surface area contributed by atoms with Crippen LogP contribution in [0, 0.1) is 6.92 Å². The summed E-state index contributed by atoms with van der Waals surface area (Å²) in [5, 5.41) is 18.4. The minimum atomic E-state index is -1.03. The van der Waals surface area contributed by atoms with Gasteiger partial charge >= 0.3 is 5.97 Å². The third kappa shape index (κ3) is 3.38. The lowest BCUT2D eigenvalue weighted by atomic mass is 10.1. The van der Waals surface area contributed by atoms with Gasteiger partial charge < -0.3 is 10.4 Å². The van der Waals surface area contributed by atoms with Crippen LogP contribution in [0.4, 0.5) is 5.82 Å². The van der Waals surface area contributed by atoms with Crippen LogP contribution in [0.15, 0.2) is 30.5 Å². The van der Waals surface area contributed by atoms with Crippen molar-refractivity contribution >= 4 is 17.7 Å². The van der Waals surface area contributed by atoms with Gasteiger partial charge in [-0.25, -0.2) is 4.68 Å². The van der Waals surface area contributed by atoms with E-state index in [0.717, 1.165) is 10.2 Å². The highest BCUT2D eigenvalue weighted by atomic mass is 16.4. The highest BCUT2D eigenvalue weighted by molar-refractivity contribution is 6.03. The van der Waals surface area contributed by atoms with Crippen LogP contribution in [0.5, 0.6) is 0 Å². The minimum absolute atomic E-state index is 0.216. The van der Waals surface area contributed by atoms with E-state index >= 15 is 0 Å². The Balaban J connectivity index is 2.06. The lowest BCUT2D eigenvalue weighted by Gasteiger charge is -2.01. The van der Waals surface area contributed by atoms with Crippen LogP contribution in [0.25, 0.3) is 0 Å². The number of hydrogen-bond acceptors (Lipinski definition) is 4. The number of carboxylic acids is 1. The first kappa shape index (κ1) is 12.7. The molecule has 0 aliphatic rings. The summed E-state index contributed by atoms with van der Waals surface area (Å²) in [4.78, 5) is 22.4. The summed E-state index contributed by atoms with van der Waals surface area (Å²) in [5.41, 5.74) is 1.48. The molecule has 0 bridgehead atoms. The Morgan fingerprint density at radius 1 is 1.42 bits per heavy atom. The molecule has 98 valence electrons. The smallest absolute Gasteiger partial charge is 0.325 e. The number of benzene rings is 1. The highest BCUT2D eigenvalue weighted by Gasteiger charge is 2.09. The van der Waals surface area contributed by atoms with Gasteiger partial charge in [-0.05, 0) is 19.1 Å². The van der Waals surface area contributed by atoms with Crippen molar-refractivity contribution in [3.8, 4) is 0 Å². The van der Waals surface area contributed by atoms with Gasteiger partial charge in [-0.15, -0.1) is 5.10 Å². The number of hydrogen-bond donors (Lipinski definition) is 2. The highest BCUT2D eigenvalue weighted by Crippen LogP contribution is 2.07. The summed E-state index contributed by atoms with van der Waals surface area (Å²) in [6.45, 7) is 1.59. The van der Waals surface area contributed by atoms with Crippen LogP contribution >= 0.6 is 0 Å². The first-order valence-electron chi connectivity index (χ1n) is 5.54. The van der Waals surface area contributed by atoms with E-state index in [9.17, 15) is 9.59 Å². The van der Waals surface area contributed by atoms with Gasteiger partial charge in [0.15, 0.2) is 5.82 Å². The number of carbonyl (C=O) groups excluding carboxylic acids is 1.